The molecule has 104 valence electrons. The number of unbranched alkanes of at least 4 members (excludes halogenated alkanes) is 2. The van der Waals surface area contributed by atoms with Crippen LogP contribution in [0.4, 0.5) is 5.95 Å². The maximum absolute atomic E-state index is 5.96. The van der Waals surface area contributed by atoms with Gasteiger partial charge in [-0.1, -0.05) is 44.0 Å². The normalized spacial score (nSPS) is 10.2. The predicted molar refractivity (Wildman–Crippen MR) is 83.6 cm³/mol. The molecular weight excluding hydrogens is 258 g/mol. The zero-order valence-electron chi connectivity index (χ0n) is 11.6. The number of hydrogen-bond acceptors (Lipinski definition) is 2. The van der Waals surface area contributed by atoms with Crippen LogP contribution in [0.3, 0.4) is 0 Å². The van der Waals surface area contributed by atoms with Crippen LogP contribution in [0, 0.1) is 6.92 Å². The van der Waals surface area contributed by atoms with Crippen molar-refractivity contribution in [1.82, 2.24) is 9.55 Å². The summed E-state index contributed by atoms with van der Waals surface area (Å²) in [6.45, 7) is 5.26. The topological polar surface area (TPSA) is 43.8 Å². The number of nitrogens with zero attached hydrogens (tertiary/aromatic N) is 2. The minimum absolute atomic E-state index is 0. The van der Waals surface area contributed by atoms with Gasteiger partial charge in [0.25, 0.3) is 0 Å². The second kappa shape index (κ2) is 7.19. The Bertz CT molecular complexity index is 520. The maximum Gasteiger partial charge on any atom is 0.200 e. The number of hydrogen-bond donors (Lipinski definition) is 1. The van der Waals surface area contributed by atoms with Crippen LogP contribution >= 0.6 is 12.4 Å². The first kappa shape index (κ1) is 15.6. The number of imidazole rings is 1. The van der Waals surface area contributed by atoms with Crippen LogP contribution < -0.4 is 5.73 Å². The van der Waals surface area contributed by atoms with Crippen LogP contribution in [0.25, 0.3) is 11.3 Å². The fraction of sp³-hybridized carbons (Fsp3) is 0.400. The Balaban J connectivity index is 0.00000180. The smallest absolute Gasteiger partial charge is 0.200 e. The first-order valence-corrected chi connectivity index (χ1v) is 6.61. The highest BCUT2D eigenvalue weighted by atomic mass is 35.5. The van der Waals surface area contributed by atoms with Crippen molar-refractivity contribution in [2.45, 2.75) is 39.7 Å². The molecule has 0 atom stereocenters. The lowest BCUT2D eigenvalue weighted by atomic mass is 10.1. The van der Waals surface area contributed by atoms with Crippen LogP contribution in [0.15, 0.2) is 30.5 Å². The Morgan fingerprint density at radius 2 is 1.95 bits per heavy atom. The van der Waals surface area contributed by atoms with Crippen molar-refractivity contribution < 1.29 is 0 Å². The van der Waals surface area contributed by atoms with Gasteiger partial charge in [-0.2, -0.15) is 0 Å². The van der Waals surface area contributed by atoms with Crippen LogP contribution in [-0.4, -0.2) is 9.55 Å². The summed E-state index contributed by atoms with van der Waals surface area (Å²) < 4.78 is 2.05. The number of benzene rings is 1. The molecule has 0 bridgehead atoms. The van der Waals surface area contributed by atoms with Crippen LogP contribution in [0.2, 0.25) is 0 Å². The molecule has 0 aliphatic rings. The van der Waals surface area contributed by atoms with E-state index in [1.807, 2.05) is 12.1 Å². The molecule has 1 heterocycles. The van der Waals surface area contributed by atoms with Gasteiger partial charge in [0, 0.05) is 18.3 Å². The number of halogens is 1. The van der Waals surface area contributed by atoms with Gasteiger partial charge in [0.1, 0.15) is 0 Å². The molecule has 0 spiro atoms. The largest absolute Gasteiger partial charge is 0.369 e. The highest BCUT2D eigenvalue weighted by molar-refractivity contribution is 5.85. The first-order valence-electron chi connectivity index (χ1n) is 6.61. The zero-order chi connectivity index (χ0) is 13.0. The van der Waals surface area contributed by atoms with Gasteiger partial charge in [0.15, 0.2) is 0 Å². The predicted octanol–water partition coefficient (Wildman–Crippen LogP) is 4.05. The van der Waals surface area contributed by atoms with Crippen LogP contribution in [0.5, 0.6) is 0 Å². The van der Waals surface area contributed by atoms with Crippen molar-refractivity contribution in [1.29, 1.82) is 0 Å². The minimum Gasteiger partial charge on any atom is -0.369 e. The molecule has 2 N–H and O–H groups in total. The molecular formula is C15H22ClN3. The average Bonchev–Trinajstić information content (AvgIpc) is 2.72. The number of rotatable bonds is 5. The van der Waals surface area contributed by atoms with Gasteiger partial charge in [-0.15, -0.1) is 12.4 Å². The molecule has 0 amide bonds. The fourth-order valence-electron chi connectivity index (χ4n) is 2.13. The number of anilines is 1. The molecule has 0 aliphatic carbocycles. The van der Waals surface area contributed by atoms with E-state index in [2.05, 4.69) is 41.7 Å². The van der Waals surface area contributed by atoms with Gasteiger partial charge < -0.3 is 10.3 Å². The summed E-state index contributed by atoms with van der Waals surface area (Å²) in [7, 11) is 0. The van der Waals surface area contributed by atoms with Gasteiger partial charge in [-0.25, -0.2) is 4.98 Å². The fourth-order valence-corrected chi connectivity index (χ4v) is 2.13. The monoisotopic (exact) mass is 279 g/mol. The summed E-state index contributed by atoms with van der Waals surface area (Å²) in [5.74, 6) is 0.615. The van der Waals surface area contributed by atoms with Gasteiger partial charge in [0.2, 0.25) is 5.95 Å². The molecule has 2 rings (SSSR count). The Kier molecular flexibility index (Phi) is 5.90. The number of nitrogen functional groups attached to an aromatic ring is 1. The second-order valence-electron chi connectivity index (χ2n) is 4.70. The van der Waals surface area contributed by atoms with Gasteiger partial charge in [0.05, 0.1) is 5.69 Å². The molecule has 0 fully saturated rings. The summed E-state index contributed by atoms with van der Waals surface area (Å²) in [4.78, 5) is 4.46. The van der Waals surface area contributed by atoms with Crippen molar-refractivity contribution in [3.63, 3.8) is 0 Å². The third kappa shape index (κ3) is 3.74. The highest BCUT2D eigenvalue weighted by Gasteiger charge is 2.08. The van der Waals surface area contributed by atoms with E-state index in [0.29, 0.717) is 5.95 Å². The zero-order valence-corrected chi connectivity index (χ0v) is 12.4. The number of nitrogens with two attached hydrogens (primary N) is 1. The summed E-state index contributed by atoms with van der Waals surface area (Å²) in [5.41, 5.74) is 9.33. The summed E-state index contributed by atoms with van der Waals surface area (Å²) in [6.07, 6.45) is 5.67. The Morgan fingerprint density at radius 1 is 1.21 bits per heavy atom. The molecule has 1 aromatic heterocycles. The lowest BCUT2D eigenvalue weighted by Gasteiger charge is -2.02. The molecule has 19 heavy (non-hydrogen) atoms. The number of aryl methyl sites for hydroxylation is 2. The second-order valence-corrected chi connectivity index (χ2v) is 4.70. The van der Waals surface area contributed by atoms with Gasteiger partial charge in [-0.3, -0.25) is 0 Å². The molecule has 0 saturated carbocycles. The summed E-state index contributed by atoms with van der Waals surface area (Å²) in [6, 6.07) is 8.27. The third-order valence-corrected chi connectivity index (χ3v) is 3.23. The van der Waals surface area contributed by atoms with E-state index >= 15 is 0 Å². The molecule has 2 aromatic rings. The van der Waals surface area contributed by atoms with Gasteiger partial charge >= 0.3 is 0 Å². The van der Waals surface area contributed by atoms with Crippen molar-refractivity contribution in [2.75, 3.05) is 5.73 Å². The maximum atomic E-state index is 5.96. The van der Waals surface area contributed by atoms with Crippen molar-refractivity contribution in [2.24, 2.45) is 0 Å². The molecule has 0 aliphatic heterocycles. The quantitative estimate of drug-likeness (QED) is 0.839. The Morgan fingerprint density at radius 3 is 2.63 bits per heavy atom. The minimum atomic E-state index is 0. The Hall–Kier alpha value is -1.48. The van der Waals surface area contributed by atoms with Crippen LogP contribution in [-0.2, 0) is 6.54 Å². The van der Waals surface area contributed by atoms with Crippen molar-refractivity contribution in [3.8, 4) is 11.3 Å². The van der Waals surface area contributed by atoms with E-state index in [1.165, 1.54) is 24.0 Å². The number of aromatic nitrogens is 2. The molecule has 4 heteroatoms. The van der Waals surface area contributed by atoms with Crippen molar-refractivity contribution >= 4 is 18.4 Å². The van der Waals surface area contributed by atoms with E-state index in [0.717, 1.165) is 18.7 Å². The van der Waals surface area contributed by atoms with E-state index in [-0.39, 0.29) is 12.4 Å². The standard InChI is InChI=1S/C15H21N3.ClH/c1-3-4-7-10-18-11-14(17-15(18)16)13-9-6-5-8-12(13)2;/h5-6,8-9,11H,3-4,7,10H2,1-2H3,(H2,16,17);1H. The summed E-state index contributed by atoms with van der Waals surface area (Å²) in [5, 5.41) is 0. The lowest BCUT2D eigenvalue weighted by Crippen LogP contribution is -2.02. The SMILES string of the molecule is CCCCCn1cc(-c2ccccc2C)nc1N.Cl. The molecule has 0 radical (unpaired) electrons. The highest BCUT2D eigenvalue weighted by Crippen LogP contribution is 2.23. The molecule has 3 nitrogen and oxygen atoms in total. The van der Waals surface area contributed by atoms with Crippen molar-refractivity contribution in [3.05, 3.63) is 36.0 Å². The lowest BCUT2D eigenvalue weighted by molar-refractivity contribution is 0.608. The third-order valence-electron chi connectivity index (χ3n) is 3.23. The molecule has 0 unspecified atom stereocenters. The Labute approximate surface area is 121 Å². The van der Waals surface area contributed by atoms with Crippen LogP contribution in [0.1, 0.15) is 31.7 Å². The van der Waals surface area contributed by atoms with E-state index in [4.69, 9.17) is 5.73 Å². The van der Waals surface area contributed by atoms with E-state index in [1.54, 1.807) is 0 Å². The van der Waals surface area contributed by atoms with Gasteiger partial charge in [-0.05, 0) is 18.9 Å². The summed E-state index contributed by atoms with van der Waals surface area (Å²) >= 11 is 0. The molecule has 0 saturated heterocycles. The first-order chi connectivity index (χ1) is 8.72. The van der Waals surface area contributed by atoms with E-state index in [9.17, 15) is 0 Å². The molecule has 1 aromatic carbocycles. The average molecular weight is 280 g/mol. The van der Waals surface area contributed by atoms with E-state index < -0.39 is 0 Å².